The molecule has 0 bridgehead atoms. The molecule has 0 aromatic carbocycles. The largest absolute Gasteiger partial charge is 0.359 e. The maximum atomic E-state index is 11.2. The number of nitrogens with one attached hydrogen (secondary N) is 3. The Morgan fingerprint density at radius 1 is 1.00 bits per heavy atom. The zero-order chi connectivity index (χ0) is 12.2. The van der Waals surface area contributed by atoms with Crippen molar-refractivity contribution in [2.75, 3.05) is 26.7 Å². The third-order valence-electron chi connectivity index (χ3n) is 2.14. The van der Waals surface area contributed by atoms with Crippen LogP contribution in [-0.4, -0.2) is 38.5 Å². The highest BCUT2D eigenvalue weighted by molar-refractivity contribution is 5.76. The van der Waals surface area contributed by atoms with E-state index in [1.54, 1.807) is 7.05 Å². The fourth-order valence-corrected chi connectivity index (χ4v) is 1.18. The van der Waals surface area contributed by atoms with Crippen molar-refractivity contribution in [2.45, 2.75) is 32.6 Å². The third kappa shape index (κ3) is 9.45. The molecule has 3 N–H and O–H groups in total. The van der Waals surface area contributed by atoms with Crippen LogP contribution in [0.5, 0.6) is 0 Å². The first-order valence-corrected chi connectivity index (χ1v) is 5.88. The summed E-state index contributed by atoms with van der Waals surface area (Å²) in [4.78, 5) is 22.0. The number of rotatable bonds is 9. The second-order valence-corrected chi connectivity index (χ2v) is 3.63. The van der Waals surface area contributed by atoms with Crippen LogP contribution < -0.4 is 16.0 Å². The van der Waals surface area contributed by atoms with Gasteiger partial charge in [-0.1, -0.05) is 6.92 Å². The molecule has 5 nitrogen and oxygen atoms in total. The highest BCUT2D eigenvalue weighted by atomic mass is 16.2. The average molecular weight is 229 g/mol. The minimum atomic E-state index is 0.0579. The van der Waals surface area contributed by atoms with Crippen molar-refractivity contribution in [1.82, 2.24) is 16.0 Å². The van der Waals surface area contributed by atoms with Gasteiger partial charge in [-0.05, 0) is 19.4 Å². The van der Waals surface area contributed by atoms with Crippen molar-refractivity contribution >= 4 is 11.8 Å². The fourth-order valence-electron chi connectivity index (χ4n) is 1.18. The summed E-state index contributed by atoms with van der Waals surface area (Å²) in [7, 11) is 1.63. The van der Waals surface area contributed by atoms with Gasteiger partial charge >= 0.3 is 0 Å². The summed E-state index contributed by atoms with van der Waals surface area (Å²) < 4.78 is 0. The molecule has 0 spiro atoms. The minimum Gasteiger partial charge on any atom is -0.359 e. The van der Waals surface area contributed by atoms with Gasteiger partial charge in [-0.25, -0.2) is 0 Å². The molecule has 0 heterocycles. The number of carbonyl (C=O) groups is 2. The summed E-state index contributed by atoms with van der Waals surface area (Å²) in [5.41, 5.74) is 0. The fraction of sp³-hybridized carbons (Fsp3) is 0.818. The molecule has 16 heavy (non-hydrogen) atoms. The molecule has 0 aromatic rings. The van der Waals surface area contributed by atoms with Gasteiger partial charge in [0.1, 0.15) is 0 Å². The van der Waals surface area contributed by atoms with Gasteiger partial charge in [0.25, 0.3) is 0 Å². The van der Waals surface area contributed by atoms with Crippen molar-refractivity contribution in [3.63, 3.8) is 0 Å². The topological polar surface area (TPSA) is 70.2 Å². The van der Waals surface area contributed by atoms with Gasteiger partial charge < -0.3 is 16.0 Å². The molecular weight excluding hydrogens is 206 g/mol. The Kier molecular flexibility index (Phi) is 9.70. The third-order valence-corrected chi connectivity index (χ3v) is 2.14. The molecule has 0 atom stereocenters. The van der Waals surface area contributed by atoms with Crippen molar-refractivity contribution in [3.8, 4) is 0 Å². The first-order chi connectivity index (χ1) is 7.70. The van der Waals surface area contributed by atoms with E-state index >= 15 is 0 Å². The Labute approximate surface area is 97.4 Å². The van der Waals surface area contributed by atoms with Crippen LogP contribution in [0, 0.1) is 0 Å². The van der Waals surface area contributed by atoms with E-state index in [-0.39, 0.29) is 11.8 Å². The van der Waals surface area contributed by atoms with Crippen LogP contribution in [0.2, 0.25) is 0 Å². The van der Waals surface area contributed by atoms with E-state index in [4.69, 9.17) is 0 Å². The predicted octanol–water partition coefficient (Wildman–Crippen LogP) is 0.0185. The molecule has 94 valence electrons. The van der Waals surface area contributed by atoms with Crippen LogP contribution in [0.3, 0.4) is 0 Å². The lowest BCUT2D eigenvalue weighted by Crippen LogP contribution is -2.28. The highest BCUT2D eigenvalue weighted by Crippen LogP contribution is 1.86. The molecule has 0 aliphatic carbocycles. The van der Waals surface area contributed by atoms with Crippen molar-refractivity contribution in [3.05, 3.63) is 0 Å². The molecule has 2 amide bonds. The monoisotopic (exact) mass is 229 g/mol. The number of hydrogen-bond acceptors (Lipinski definition) is 3. The van der Waals surface area contributed by atoms with Crippen molar-refractivity contribution in [2.24, 2.45) is 0 Å². The van der Waals surface area contributed by atoms with Gasteiger partial charge in [-0.2, -0.15) is 0 Å². The van der Waals surface area contributed by atoms with Gasteiger partial charge in [0.2, 0.25) is 11.8 Å². The normalized spacial score (nSPS) is 9.88. The Hall–Kier alpha value is -1.10. The zero-order valence-electron chi connectivity index (χ0n) is 10.3. The lowest BCUT2D eigenvalue weighted by Gasteiger charge is -2.05. The Balaban J connectivity index is 3.20. The van der Waals surface area contributed by atoms with Crippen LogP contribution in [0.1, 0.15) is 32.6 Å². The second-order valence-electron chi connectivity index (χ2n) is 3.63. The van der Waals surface area contributed by atoms with E-state index in [2.05, 4.69) is 16.0 Å². The molecule has 0 fully saturated rings. The van der Waals surface area contributed by atoms with Crippen molar-refractivity contribution < 1.29 is 9.59 Å². The van der Waals surface area contributed by atoms with Gasteiger partial charge in [-0.15, -0.1) is 0 Å². The minimum absolute atomic E-state index is 0.0579. The smallest absolute Gasteiger partial charge is 0.221 e. The van der Waals surface area contributed by atoms with Crippen LogP contribution in [0.25, 0.3) is 0 Å². The molecule has 0 aliphatic rings. The van der Waals surface area contributed by atoms with Gasteiger partial charge in [-0.3, -0.25) is 9.59 Å². The molecule has 0 saturated heterocycles. The number of amides is 2. The van der Waals surface area contributed by atoms with E-state index in [0.29, 0.717) is 19.4 Å². The molecule has 0 saturated carbocycles. The maximum absolute atomic E-state index is 11.2. The quantitative estimate of drug-likeness (QED) is 0.488. The van der Waals surface area contributed by atoms with E-state index in [1.165, 1.54) is 0 Å². The molecule has 5 heteroatoms. The first kappa shape index (κ1) is 14.9. The van der Waals surface area contributed by atoms with E-state index < -0.39 is 0 Å². The van der Waals surface area contributed by atoms with E-state index in [1.807, 2.05) is 6.92 Å². The Bertz CT molecular complexity index is 207. The summed E-state index contributed by atoms with van der Waals surface area (Å²) in [5.74, 6) is 0.142. The highest BCUT2D eigenvalue weighted by Gasteiger charge is 1.99. The summed E-state index contributed by atoms with van der Waals surface area (Å²) in [6.45, 7) is 4.21. The van der Waals surface area contributed by atoms with Crippen LogP contribution in [-0.2, 0) is 9.59 Å². The zero-order valence-corrected chi connectivity index (χ0v) is 10.3. The standard InChI is InChI=1S/C11H23N3O2/c1-3-7-14-11(16)6-9-13-8-4-5-10(15)12-2/h13H,3-9H2,1-2H3,(H,12,15)(H,14,16). The molecule has 0 radical (unpaired) electrons. The number of hydrogen-bond donors (Lipinski definition) is 3. The lowest BCUT2D eigenvalue weighted by molar-refractivity contribution is -0.121. The van der Waals surface area contributed by atoms with E-state index in [9.17, 15) is 9.59 Å². The van der Waals surface area contributed by atoms with Gasteiger partial charge in [0.05, 0.1) is 0 Å². The summed E-state index contributed by atoms with van der Waals surface area (Å²) in [6.07, 6.45) is 2.80. The maximum Gasteiger partial charge on any atom is 0.221 e. The van der Waals surface area contributed by atoms with Gasteiger partial charge in [0.15, 0.2) is 0 Å². The molecule has 0 unspecified atom stereocenters. The predicted molar refractivity (Wildman–Crippen MR) is 64.1 cm³/mol. The van der Waals surface area contributed by atoms with Crippen LogP contribution in [0.4, 0.5) is 0 Å². The second kappa shape index (κ2) is 10.4. The van der Waals surface area contributed by atoms with Gasteiger partial charge in [0, 0.05) is 33.0 Å². The number of carbonyl (C=O) groups excluding carboxylic acids is 2. The molecule has 0 rings (SSSR count). The summed E-state index contributed by atoms with van der Waals surface area (Å²) >= 11 is 0. The Morgan fingerprint density at radius 2 is 1.75 bits per heavy atom. The molecule has 0 aliphatic heterocycles. The summed E-state index contributed by atoms with van der Waals surface area (Å²) in [6, 6.07) is 0. The van der Waals surface area contributed by atoms with E-state index in [0.717, 1.165) is 25.9 Å². The van der Waals surface area contributed by atoms with Crippen LogP contribution in [0.15, 0.2) is 0 Å². The average Bonchev–Trinajstić information content (AvgIpc) is 2.30. The Morgan fingerprint density at radius 3 is 2.38 bits per heavy atom. The lowest BCUT2D eigenvalue weighted by atomic mass is 10.3. The first-order valence-electron chi connectivity index (χ1n) is 5.88. The SMILES string of the molecule is CCCNC(=O)CCNCCCC(=O)NC. The molecule has 0 aromatic heterocycles. The summed E-state index contributed by atoms with van der Waals surface area (Å²) in [5, 5.41) is 8.51. The van der Waals surface area contributed by atoms with Crippen LogP contribution >= 0.6 is 0 Å². The molecular formula is C11H23N3O2. The van der Waals surface area contributed by atoms with Crippen molar-refractivity contribution in [1.29, 1.82) is 0 Å².